The van der Waals surface area contributed by atoms with Crippen molar-refractivity contribution in [3.05, 3.63) is 117 Å². The number of alkyl carbamates (subject to hydrolysis) is 2. The van der Waals surface area contributed by atoms with Gasteiger partial charge >= 0.3 is 12.2 Å². The number of ether oxygens (including phenoxy) is 2. The average molecular weight is 893 g/mol. The number of nitrogens with zero attached hydrogens (tertiary/aromatic N) is 4. The first-order chi connectivity index (χ1) is 24.2. The van der Waals surface area contributed by atoms with Crippen molar-refractivity contribution >= 4 is 12.2 Å². The molecule has 2 radical (unpaired) electrons. The Morgan fingerprint density at radius 3 is 1.20 bits per heavy atom. The van der Waals surface area contributed by atoms with E-state index in [1.807, 2.05) is 119 Å². The molecule has 0 fully saturated rings. The maximum Gasteiger partial charge on any atom is 0.407 e. The maximum absolute atomic E-state index is 11.5. The van der Waals surface area contributed by atoms with Crippen LogP contribution in [0.25, 0.3) is 0 Å². The van der Waals surface area contributed by atoms with Gasteiger partial charge in [-0.05, 0) is 111 Å². The van der Waals surface area contributed by atoms with Crippen LogP contribution in [0.4, 0.5) is 9.59 Å². The molecule has 4 heterocycles. The number of pyridine rings is 4. The van der Waals surface area contributed by atoms with Crippen molar-refractivity contribution in [3.8, 4) is 0 Å². The summed E-state index contributed by atoms with van der Waals surface area (Å²) in [6.45, 7) is 24.7. The first kappa shape index (κ1) is 53.4. The summed E-state index contributed by atoms with van der Waals surface area (Å²) in [5.74, 6) is 0. The fourth-order valence-corrected chi connectivity index (χ4v) is 4.38. The summed E-state index contributed by atoms with van der Waals surface area (Å²) >= 11 is 0. The van der Waals surface area contributed by atoms with Gasteiger partial charge in [-0.2, -0.15) is 12.1 Å². The smallest absolute Gasteiger partial charge is 0.407 e. The fourth-order valence-electron chi connectivity index (χ4n) is 4.38. The molecule has 0 unspecified atom stereocenters. The summed E-state index contributed by atoms with van der Waals surface area (Å²) in [7, 11) is 0. The summed E-state index contributed by atoms with van der Waals surface area (Å²) < 4.78 is 10.3. The quantitative estimate of drug-likeness (QED) is 0.152. The summed E-state index contributed by atoms with van der Waals surface area (Å²) in [6.07, 6.45) is 4.70. The number of hydrogen-bond donors (Lipinski definition) is 4. The number of carbonyl (C=O) groups excluding carboxylic acids is 2. The molecule has 6 N–H and O–H groups in total. The van der Waals surface area contributed by atoms with Crippen molar-refractivity contribution in [3.63, 3.8) is 0 Å². The van der Waals surface area contributed by atoms with Gasteiger partial charge < -0.3 is 41.5 Å². The Bertz CT molecular complexity index is 1670. The maximum atomic E-state index is 11.5. The molecule has 0 bridgehead atoms. The van der Waals surface area contributed by atoms with Crippen LogP contribution in [-0.2, 0) is 101 Å². The Labute approximate surface area is 373 Å². The molecule has 0 aliphatic carbocycles. The van der Waals surface area contributed by atoms with Gasteiger partial charge in [0.05, 0.1) is 0 Å². The van der Waals surface area contributed by atoms with Gasteiger partial charge in [-0.1, -0.05) is 37.6 Å². The minimum absolute atomic E-state index is 0. The van der Waals surface area contributed by atoms with Crippen LogP contribution in [0.3, 0.4) is 0 Å². The number of nitrogens with one attached hydrogen (secondary N) is 2. The van der Waals surface area contributed by atoms with E-state index >= 15 is 0 Å². The number of aromatic nitrogens is 4. The number of carbonyl (C=O) groups is 2. The minimum atomic E-state index is -0.468. The topological polar surface area (TPSA) is 180 Å². The first-order valence-electron chi connectivity index (χ1n) is 17.1. The van der Waals surface area contributed by atoms with Crippen molar-refractivity contribution < 1.29 is 84.5 Å². The van der Waals surface area contributed by atoms with Crippen molar-refractivity contribution in [2.24, 2.45) is 11.5 Å². The molecular formula is C40H58N8O4Y2-2. The Balaban J connectivity index is 0. The van der Waals surface area contributed by atoms with Crippen LogP contribution < -0.4 is 22.1 Å². The van der Waals surface area contributed by atoms with Gasteiger partial charge in [-0.25, -0.2) is 9.59 Å². The minimum Gasteiger partial charge on any atom is -0.444 e. The average Bonchev–Trinajstić information content (AvgIpc) is 3.01. The van der Waals surface area contributed by atoms with Gasteiger partial charge in [0.1, 0.15) is 11.2 Å². The van der Waals surface area contributed by atoms with E-state index < -0.39 is 23.4 Å². The summed E-state index contributed by atoms with van der Waals surface area (Å²) in [4.78, 5) is 39.2. The Kier molecular flexibility index (Phi) is 26.7. The van der Waals surface area contributed by atoms with Crippen LogP contribution in [-0.4, -0.2) is 43.3 Å². The molecule has 0 saturated heterocycles. The second-order valence-corrected chi connectivity index (χ2v) is 14.1. The van der Waals surface area contributed by atoms with Crippen LogP contribution in [0.2, 0.25) is 0 Å². The van der Waals surface area contributed by atoms with Gasteiger partial charge in [0.15, 0.2) is 0 Å². The molecule has 14 heteroatoms. The van der Waals surface area contributed by atoms with E-state index in [9.17, 15) is 9.59 Å². The predicted molar refractivity (Wildman–Crippen MR) is 205 cm³/mol. The molecule has 0 aromatic carbocycles. The van der Waals surface area contributed by atoms with E-state index in [1.54, 1.807) is 12.1 Å². The standard InChI is InChI=1S/C13H20N2O2.C12H17N2O2.C8H12N2.C7H9N2.2Y/c1-9-6-11(7-10(2)15-9)8-14-12(16)17-13(3,4)5;1-9-7-10(5-6-13-9)8-14-11(15)16-12(2,3)4;1-6-3-8(5-9)4-7(2)10-6;1-6-4-7(5-8)2-3-9-6;;/h6-7H,8H2,1-5H3,(H,14,16);5,7H,8H2,1-4H3,(H,14,15);3-4H,5,9H2,1-2H3;2,4H,5,8H2,1H3;;/q;-1;;-1;;. The third-order valence-electron chi connectivity index (χ3n) is 6.20. The molecule has 4 aromatic rings. The van der Waals surface area contributed by atoms with Gasteiger partial charge in [-0.15, -0.1) is 23.3 Å². The molecule has 2 amide bonds. The van der Waals surface area contributed by atoms with E-state index in [0.717, 1.165) is 56.4 Å². The van der Waals surface area contributed by atoms with Crippen LogP contribution in [0, 0.1) is 53.9 Å². The van der Waals surface area contributed by atoms with Crippen molar-refractivity contribution in [1.29, 1.82) is 0 Å². The second kappa shape index (κ2) is 27.0. The van der Waals surface area contributed by atoms with E-state index in [-0.39, 0.29) is 65.4 Å². The van der Waals surface area contributed by atoms with Crippen LogP contribution >= 0.6 is 0 Å². The number of aryl methyl sites for hydroxylation is 6. The molecule has 290 valence electrons. The largest absolute Gasteiger partial charge is 0.444 e. The zero-order valence-electron chi connectivity index (χ0n) is 34.2. The monoisotopic (exact) mass is 892 g/mol. The molecule has 0 aliphatic rings. The first-order valence-corrected chi connectivity index (χ1v) is 17.1. The molecular weight excluding hydrogens is 834 g/mol. The van der Waals surface area contributed by atoms with E-state index in [1.165, 1.54) is 0 Å². The van der Waals surface area contributed by atoms with Gasteiger partial charge in [-0.3, -0.25) is 9.97 Å². The Morgan fingerprint density at radius 1 is 0.556 bits per heavy atom. The molecule has 12 nitrogen and oxygen atoms in total. The molecule has 4 aromatic heterocycles. The zero-order chi connectivity index (χ0) is 39.5. The van der Waals surface area contributed by atoms with Crippen LogP contribution in [0.15, 0.2) is 48.5 Å². The predicted octanol–water partition coefficient (Wildman–Crippen LogP) is 6.74. The van der Waals surface area contributed by atoms with E-state index in [4.69, 9.17) is 20.9 Å². The molecule has 0 atom stereocenters. The van der Waals surface area contributed by atoms with Gasteiger partial charge in [0.2, 0.25) is 0 Å². The molecule has 0 aliphatic heterocycles. The Morgan fingerprint density at radius 2 is 0.870 bits per heavy atom. The number of nitrogens with two attached hydrogens (primary N) is 2. The number of hydrogen-bond acceptors (Lipinski definition) is 10. The fraction of sp³-hybridized carbons (Fsp3) is 0.450. The number of rotatable bonds is 6. The normalized spacial score (nSPS) is 10.2. The van der Waals surface area contributed by atoms with Crippen molar-refractivity contribution in [1.82, 2.24) is 30.6 Å². The van der Waals surface area contributed by atoms with Crippen molar-refractivity contribution in [2.45, 2.75) is 120 Å². The molecule has 0 spiro atoms. The Hall–Kier alpha value is -2.73. The van der Waals surface area contributed by atoms with Crippen LogP contribution in [0.1, 0.15) is 98.0 Å². The number of amides is 2. The van der Waals surface area contributed by atoms with Crippen LogP contribution in [0.5, 0.6) is 0 Å². The molecule has 0 saturated carbocycles. The second-order valence-electron chi connectivity index (χ2n) is 14.1. The zero-order valence-corrected chi connectivity index (χ0v) is 39.9. The summed E-state index contributed by atoms with van der Waals surface area (Å²) in [5, 5.41) is 5.39. The summed E-state index contributed by atoms with van der Waals surface area (Å²) in [6, 6.07) is 15.3. The summed E-state index contributed by atoms with van der Waals surface area (Å²) in [5.41, 5.74) is 20.0. The van der Waals surface area contributed by atoms with E-state index in [0.29, 0.717) is 26.2 Å². The third kappa shape index (κ3) is 26.9. The molecule has 54 heavy (non-hydrogen) atoms. The third-order valence-corrected chi connectivity index (χ3v) is 6.20. The van der Waals surface area contributed by atoms with Gasteiger partial charge in [0, 0.05) is 108 Å². The van der Waals surface area contributed by atoms with E-state index in [2.05, 4.69) is 43.0 Å². The van der Waals surface area contributed by atoms with Gasteiger partial charge in [0.25, 0.3) is 0 Å². The van der Waals surface area contributed by atoms with Crippen molar-refractivity contribution in [2.75, 3.05) is 0 Å². The SMILES string of the molecule is Cc1cc(CN)c[c-]n1.Cc1cc(CN)cc(C)n1.Cc1cc(CNC(=O)OC(C)(C)C)c[c-]n1.Cc1cc(CNC(=O)OC(C)(C)C)cc(C)n1.[Y].[Y]. The molecule has 4 rings (SSSR count).